The van der Waals surface area contributed by atoms with Gasteiger partial charge in [-0.25, -0.2) is 13.8 Å². The fraction of sp³-hybridized carbons (Fsp3) is 0.222. The molecule has 0 saturated carbocycles. The highest BCUT2D eigenvalue weighted by atomic mass is 19.3. The van der Waals surface area contributed by atoms with Gasteiger partial charge in [0.15, 0.2) is 5.69 Å². The van der Waals surface area contributed by atoms with Crippen LogP contribution < -0.4 is 5.73 Å². The molecule has 0 aromatic carbocycles. The van der Waals surface area contributed by atoms with E-state index in [1.54, 1.807) is 12.1 Å². The van der Waals surface area contributed by atoms with Gasteiger partial charge >= 0.3 is 0 Å². The lowest BCUT2D eigenvalue weighted by Crippen LogP contribution is -2.04. The van der Waals surface area contributed by atoms with Crippen molar-refractivity contribution in [3.8, 4) is 12.1 Å². The Labute approximate surface area is 84.6 Å². The number of hydrogen-bond donors (Lipinski definition) is 1. The first-order valence-corrected chi connectivity index (χ1v) is 3.94. The second-order valence-electron chi connectivity index (χ2n) is 2.71. The van der Waals surface area contributed by atoms with Crippen LogP contribution in [0.1, 0.15) is 23.4 Å². The third kappa shape index (κ3) is 2.18. The van der Waals surface area contributed by atoms with E-state index in [1.165, 1.54) is 0 Å². The third-order valence-corrected chi connectivity index (χ3v) is 1.74. The molecule has 1 aromatic heterocycles. The van der Waals surface area contributed by atoms with Crippen LogP contribution in [0.2, 0.25) is 0 Å². The highest BCUT2D eigenvalue weighted by molar-refractivity contribution is 5.57. The minimum atomic E-state index is -2.78. The van der Waals surface area contributed by atoms with Crippen LogP contribution in [0, 0.1) is 22.7 Å². The highest BCUT2D eigenvalue weighted by Gasteiger charge is 2.16. The van der Waals surface area contributed by atoms with E-state index in [2.05, 4.69) is 4.98 Å². The molecule has 1 aromatic rings. The number of nitriles is 2. The Hall–Kier alpha value is -2.21. The predicted molar refractivity (Wildman–Crippen MR) is 47.6 cm³/mol. The first-order chi connectivity index (χ1) is 7.10. The SMILES string of the molecule is N#CCc1cc(C(F)F)c(N)c(C#N)n1. The second-order valence-corrected chi connectivity index (χ2v) is 2.71. The molecule has 0 amide bonds. The molecule has 0 unspecified atom stereocenters. The Morgan fingerprint density at radius 1 is 1.47 bits per heavy atom. The van der Waals surface area contributed by atoms with Crippen molar-refractivity contribution in [2.75, 3.05) is 5.73 Å². The molecule has 0 aliphatic rings. The van der Waals surface area contributed by atoms with Crippen LogP contribution in [0.5, 0.6) is 0 Å². The molecule has 2 N–H and O–H groups in total. The minimum absolute atomic E-state index is 0.124. The van der Waals surface area contributed by atoms with Crippen molar-refractivity contribution in [3.05, 3.63) is 23.0 Å². The van der Waals surface area contributed by atoms with Gasteiger partial charge in [0.25, 0.3) is 6.43 Å². The average molecular weight is 208 g/mol. The van der Waals surface area contributed by atoms with Crippen molar-refractivity contribution < 1.29 is 8.78 Å². The second kappa shape index (κ2) is 4.34. The van der Waals surface area contributed by atoms with E-state index in [9.17, 15) is 8.78 Å². The number of alkyl halides is 2. The third-order valence-electron chi connectivity index (χ3n) is 1.74. The van der Waals surface area contributed by atoms with E-state index >= 15 is 0 Å². The van der Waals surface area contributed by atoms with Crippen molar-refractivity contribution in [3.63, 3.8) is 0 Å². The molecule has 0 atom stereocenters. The molecular formula is C9H6F2N4. The van der Waals surface area contributed by atoms with Crippen molar-refractivity contribution in [1.82, 2.24) is 4.98 Å². The Bertz CT molecular complexity index is 456. The first-order valence-electron chi connectivity index (χ1n) is 3.94. The van der Waals surface area contributed by atoms with Crippen molar-refractivity contribution >= 4 is 5.69 Å². The highest BCUT2D eigenvalue weighted by Crippen LogP contribution is 2.27. The van der Waals surface area contributed by atoms with Gasteiger partial charge in [0.1, 0.15) is 6.07 Å². The molecule has 0 aliphatic carbocycles. The Balaban J connectivity index is 3.35. The summed E-state index contributed by atoms with van der Waals surface area (Å²) in [5, 5.41) is 17.0. The van der Waals surface area contributed by atoms with Crippen LogP contribution in [-0.4, -0.2) is 4.98 Å². The minimum Gasteiger partial charge on any atom is -0.396 e. The van der Waals surface area contributed by atoms with Crippen molar-refractivity contribution in [2.24, 2.45) is 0 Å². The zero-order valence-electron chi connectivity index (χ0n) is 7.54. The molecule has 1 rings (SSSR count). The molecular weight excluding hydrogens is 202 g/mol. The van der Waals surface area contributed by atoms with Gasteiger partial charge in [-0.2, -0.15) is 10.5 Å². The summed E-state index contributed by atoms with van der Waals surface area (Å²) < 4.78 is 24.9. The predicted octanol–water partition coefficient (Wildman–Crippen LogP) is 1.54. The van der Waals surface area contributed by atoms with Gasteiger partial charge in [-0.1, -0.05) is 0 Å². The van der Waals surface area contributed by atoms with E-state index < -0.39 is 12.0 Å². The summed E-state index contributed by atoms with van der Waals surface area (Å²) in [7, 11) is 0. The topological polar surface area (TPSA) is 86.5 Å². The lowest BCUT2D eigenvalue weighted by Gasteiger charge is -2.07. The van der Waals surface area contributed by atoms with Gasteiger partial charge in [-0.15, -0.1) is 0 Å². The number of hydrogen-bond acceptors (Lipinski definition) is 4. The smallest absolute Gasteiger partial charge is 0.265 e. The lowest BCUT2D eigenvalue weighted by molar-refractivity contribution is 0.152. The normalized spacial score (nSPS) is 9.67. The van der Waals surface area contributed by atoms with Gasteiger partial charge in [0.05, 0.1) is 23.9 Å². The van der Waals surface area contributed by atoms with Crippen LogP contribution in [0.4, 0.5) is 14.5 Å². The van der Waals surface area contributed by atoms with Crippen molar-refractivity contribution in [1.29, 1.82) is 10.5 Å². The standard InChI is InChI=1S/C9H6F2N4/c10-9(11)6-3-5(1-2-12)15-7(4-13)8(6)14/h3,9H,1,14H2. The monoisotopic (exact) mass is 208 g/mol. The molecule has 15 heavy (non-hydrogen) atoms. The summed E-state index contributed by atoms with van der Waals surface area (Å²) in [6.45, 7) is 0. The summed E-state index contributed by atoms with van der Waals surface area (Å²) in [5.74, 6) is 0. The van der Waals surface area contributed by atoms with E-state index in [-0.39, 0.29) is 23.5 Å². The number of nitrogens with zero attached hydrogens (tertiary/aromatic N) is 3. The van der Waals surface area contributed by atoms with E-state index in [0.29, 0.717) is 0 Å². The van der Waals surface area contributed by atoms with Crippen LogP contribution in [0.3, 0.4) is 0 Å². The molecule has 0 aliphatic heterocycles. The number of rotatable bonds is 2. The number of aromatic nitrogens is 1. The quantitative estimate of drug-likeness (QED) is 0.798. The number of anilines is 1. The summed E-state index contributed by atoms with van der Waals surface area (Å²) in [6.07, 6.45) is -2.91. The summed E-state index contributed by atoms with van der Waals surface area (Å²) in [4.78, 5) is 3.68. The maximum atomic E-state index is 12.5. The Morgan fingerprint density at radius 2 is 2.13 bits per heavy atom. The van der Waals surface area contributed by atoms with Crippen LogP contribution >= 0.6 is 0 Å². The summed E-state index contributed by atoms with van der Waals surface area (Å²) >= 11 is 0. The molecule has 76 valence electrons. The number of nitrogens with two attached hydrogens (primary N) is 1. The molecule has 0 saturated heterocycles. The maximum absolute atomic E-state index is 12.5. The fourth-order valence-corrected chi connectivity index (χ4v) is 1.07. The zero-order valence-corrected chi connectivity index (χ0v) is 7.54. The summed E-state index contributed by atoms with van der Waals surface area (Å²) in [6, 6.07) is 4.42. The molecule has 6 heteroatoms. The van der Waals surface area contributed by atoms with Gasteiger partial charge in [-0.3, -0.25) is 0 Å². The van der Waals surface area contributed by atoms with E-state index in [1.807, 2.05) is 0 Å². The number of nitrogen functional groups attached to an aromatic ring is 1. The molecule has 0 fully saturated rings. The molecule has 0 bridgehead atoms. The molecule has 4 nitrogen and oxygen atoms in total. The van der Waals surface area contributed by atoms with E-state index in [0.717, 1.165) is 6.07 Å². The van der Waals surface area contributed by atoms with Crippen LogP contribution in [-0.2, 0) is 6.42 Å². The van der Waals surface area contributed by atoms with Gasteiger partial charge in [0, 0.05) is 5.56 Å². The number of pyridine rings is 1. The fourth-order valence-electron chi connectivity index (χ4n) is 1.07. The van der Waals surface area contributed by atoms with Gasteiger partial charge in [-0.05, 0) is 6.07 Å². The largest absolute Gasteiger partial charge is 0.396 e. The van der Waals surface area contributed by atoms with E-state index in [4.69, 9.17) is 16.3 Å². The van der Waals surface area contributed by atoms with Crippen molar-refractivity contribution in [2.45, 2.75) is 12.8 Å². The Kier molecular flexibility index (Phi) is 3.14. The Morgan fingerprint density at radius 3 is 2.60 bits per heavy atom. The maximum Gasteiger partial charge on any atom is 0.265 e. The summed E-state index contributed by atoms with van der Waals surface area (Å²) in [5.41, 5.74) is 4.39. The lowest BCUT2D eigenvalue weighted by atomic mass is 10.1. The molecule has 0 radical (unpaired) electrons. The van der Waals surface area contributed by atoms with Gasteiger partial charge in [0.2, 0.25) is 0 Å². The van der Waals surface area contributed by atoms with Crippen LogP contribution in [0.15, 0.2) is 6.07 Å². The van der Waals surface area contributed by atoms with Crippen LogP contribution in [0.25, 0.3) is 0 Å². The van der Waals surface area contributed by atoms with Gasteiger partial charge < -0.3 is 5.73 Å². The number of halogens is 2. The molecule has 0 spiro atoms. The first kappa shape index (κ1) is 10.9. The molecule has 1 heterocycles. The average Bonchev–Trinajstić information content (AvgIpc) is 2.20. The zero-order chi connectivity index (χ0) is 11.4.